The van der Waals surface area contributed by atoms with Crippen LogP contribution in [0.25, 0.3) is 0 Å². The summed E-state index contributed by atoms with van der Waals surface area (Å²) in [4.78, 5) is 4.33. The first-order chi connectivity index (χ1) is 14.1. The molecule has 2 rings (SSSR count). The van der Waals surface area contributed by atoms with Crippen LogP contribution in [0.1, 0.15) is 50.8 Å². The highest BCUT2D eigenvalue weighted by molar-refractivity contribution is 5.80. The molecule has 0 saturated heterocycles. The first-order valence-corrected chi connectivity index (χ1v) is 10.4. The predicted molar refractivity (Wildman–Crippen MR) is 118 cm³/mol. The van der Waals surface area contributed by atoms with Crippen molar-refractivity contribution in [1.82, 2.24) is 20.4 Å². The van der Waals surface area contributed by atoms with E-state index in [-0.39, 0.29) is 6.04 Å². The van der Waals surface area contributed by atoms with Gasteiger partial charge in [-0.1, -0.05) is 19.9 Å². The number of aliphatic imine (C=N–C) groups is 1. The fraction of sp³-hybridized carbons (Fsp3) is 0.545. The summed E-state index contributed by atoms with van der Waals surface area (Å²) in [5, 5.41) is 11.1. The van der Waals surface area contributed by atoms with Crippen molar-refractivity contribution in [2.75, 3.05) is 26.8 Å². The normalized spacial score (nSPS) is 12.5. The zero-order chi connectivity index (χ0) is 21.1. The van der Waals surface area contributed by atoms with E-state index in [0.29, 0.717) is 13.2 Å². The van der Waals surface area contributed by atoms with Crippen LogP contribution >= 0.6 is 0 Å². The third kappa shape index (κ3) is 7.33. The van der Waals surface area contributed by atoms with Gasteiger partial charge in [0, 0.05) is 19.8 Å². The van der Waals surface area contributed by atoms with Gasteiger partial charge in [-0.15, -0.1) is 0 Å². The fourth-order valence-corrected chi connectivity index (χ4v) is 2.81. The van der Waals surface area contributed by atoms with E-state index in [1.54, 1.807) is 7.05 Å². The van der Waals surface area contributed by atoms with Crippen LogP contribution < -0.4 is 20.1 Å². The van der Waals surface area contributed by atoms with Gasteiger partial charge >= 0.3 is 0 Å². The van der Waals surface area contributed by atoms with Crippen LogP contribution in [-0.2, 0) is 6.54 Å². The molecule has 1 aromatic heterocycles. The molecule has 0 spiro atoms. The Morgan fingerprint density at radius 2 is 1.90 bits per heavy atom. The minimum atomic E-state index is 0.0670. The number of hydrogen-bond donors (Lipinski definition) is 2. The number of ether oxygens (including phenoxy) is 2. The standard InChI is InChI=1S/C22H35N5O2/c1-6-12-28-20-9-8-19(14-21(20)29-13-7-2)18(4)26-22(23-5)24-10-11-27-16-17(3)15-25-27/h8-9,14-16,18H,6-7,10-13H2,1-5H3,(H2,23,24,26). The van der Waals surface area contributed by atoms with Gasteiger partial charge in [0.25, 0.3) is 0 Å². The molecule has 1 unspecified atom stereocenters. The minimum Gasteiger partial charge on any atom is -0.490 e. The predicted octanol–water partition coefficient (Wildman–Crippen LogP) is 3.70. The molecule has 0 saturated carbocycles. The summed E-state index contributed by atoms with van der Waals surface area (Å²) >= 11 is 0. The average Bonchev–Trinajstić information content (AvgIpc) is 3.14. The second-order valence-corrected chi connectivity index (χ2v) is 7.05. The molecular formula is C22H35N5O2. The first-order valence-electron chi connectivity index (χ1n) is 10.4. The van der Waals surface area contributed by atoms with E-state index in [0.717, 1.165) is 54.5 Å². The fourth-order valence-electron chi connectivity index (χ4n) is 2.81. The number of aryl methyl sites for hydroxylation is 1. The lowest BCUT2D eigenvalue weighted by atomic mass is 10.1. The Balaban J connectivity index is 1.96. The number of hydrogen-bond acceptors (Lipinski definition) is 4. The average molecular weight is 402 g/mol. The molecule has 0 aliphatic carbocycles. The van der Waals surface area contributed by atoms with Crippen LogP contribution in [0.4, 0.5) is 0 Å². The zero-order valence-electron chi connectivity index (χ0n) is 18.4. The largest absolute Gasteiger partial charge is 0.490 e. The van der Waals surface area contributed by atoms with E-state index in [4.69, 9.17) is 9.47 Å². The molecule has 0 fully saturated rings. The molecule has 160 valence electrons. The Kier molecular flexibility index (Phi) is 9.34. The SMILES string of the molecule is CCCOc1ccc(C(C)NC(=NC)NCCn2cc(C)cn2)cc1OCCC. The molecule has 29 heavy (non-hydrogen) atoms. The number of guanidine groups is 1. The number of aromatic nitrogens is 2. The highest BCUT2D eigenvalue weighted by atomic mass is 16.5. The molecule has 7 heteroatoms. The van der Waals surface area contributed by atoms with Gasteiger partial charge in [-0.05, 0) is 49.9 Å². The maximum atomic E-state index is 5.91. The highest BCUT2D eigenvalue weighted by Gasteiger charge is 2.13. The van der Waals surface area contributed by atoms with Gasteiger partial charge in [0.05, 0.1) is 32.0 Å². The van der Waals surface area contributed by atoms with Crippen LogP contribution in [0.3, 0.4) is 0 Å². The quantitative estimate of drug-likeness (QED) is 0.444. The van der Waals surface area contributed by atoms with Crippen molar-refractivity contribution in [3.8, 4) is 11.5 Å². The van der Waals surface area contributed by atoms with Crippen molar-refractivity contribution in [3.63, 3.8) is 0 Å². The molecule has 0 aliphatic heterocycles. The van der Waals surface area contributed by atoms with Crippen molar-refractivity contribution in [1.29, 1.82) is 0 Å². The van der Waals surface area contributed by atoms with Gasteiger partial charge in [-0.2, -0.15) is 5.10 Å². The molecule has 0 aliphatic rings. The Hall–Kier alpha value is -2.70. The maximum absolute atomic E-state index is 5.91. The lowest BCUT2D eigenvalue weighted by Crippen LogP contribution is -2.40. The van der Waals surface area contributed by atoms with Crippen molar-refractivity contribution in [3.05, 3.63) is 41.7 Å². The monoisotopic (exact) mass is 401 g/mol. The maximum Gasteiger partial charge on any atom is 0.191 e. The van der Waals surface area contributed by atoms with E-state index in [2.05, 4.69) is 53.6 Å². The lowest BCUT2D eigenvalue weighted by Gasteiger charge is -2.20. The van der Waals surface area contributed by atoms with Gasteiger partial charge < -0.3 is 20.1 Å². The van der Waals surface area contributed by atoms with E-state index < -0.39 is 0 Å². The van der Waals surface area contributed by atoms with Gasteiger partial charge in [0.2, 0.25) is 0 Å². The topological polar surface area (TPSA) is 72.7 Å². The van der Waals surface area contributed by atoms with Gasteiger partial charge in [-0.3, -0.25) is 9.67 Å². The molecule has 0 amide bonds. The van der Waals surface area contributed by atoms with Crippen molar-refractivity contribution in [2.45, 2.75) is 53.1 Å². The number of nitrogens with one attached hydrogen (secondary N) is 2. The third-order valence-electron chi connectivity index (χ3n) is 4.36. The second-order valence-electron chi connectivity index (χ2n) is 7.05. The van der Waals surface area contributed by atoms with Gasteiger partial charge in [0.1, 0.15) is 0 Å². The molecule has 1 atom stereocenters. The second kappa shape index (κ2) is 12.0. The van der Waals surface area contributed by atoms with Crippen molar-refractivity contribution in [2.24, 2.45) is 4.99 Å². The van der Waals surface area contributed by atoms with Crippen molar-refractivity contribution >= 4 is 5.96 Å². The van der Waals surface area contributed by atoms with Gasteiger partial charge in [-0.25, -0.2) is 0 Å². The summed E-state index contributed by atoms with van der Waals surface area (Å²) < 4.78 is 13.7. The number of nitrogens with zero attached hydrogens (tertiary/aromatic N) is 3. The van der Waals surface area contributed by atoms with E-state index in [1.807, 2.05) is 30.1 Å². The van der Waals surface area contributed by atoms with E-state index >= 15 is 0 Å². The Labute approximate surface area is 174 Å². The van der Waals surface area contributed by atoms with Crippen LogP contribution in [0.5, 0.6) is 11.5 Å². The van der Waals surface area contributed by atoms with E-state index in [1.165, 1.54) is 0 Å². The summed E-state index contributed by atoms with van der Waals surface area (Å²) in [6, 6.07) is 6.18. The summed E-state index contributed by atoms with van der Waals surface area (Å²) in [7, 11) is 1.78. The lowest BCUT2D eigenvalue weighted by molar-refractivity contribution is 0.268. The molecule has 0 bridgehead atoms. The van der Waals surface area contributed by atoms with Crippen LogP contribution in [0.2, 0.25) is 0 Å². The Morgan fingerprint density at radius 1 is 1.17 bits per heavy atom. The molecule has 7 nitrogen and oxygen atoms in total. The minimum absolute atomic E-state index is 0.0670. The summed E-state index contributed by atoms with van der Waals surface area (Å²) in [6.45, 7) is 11.2. The van der Waals surface area contributed by atoms with Gasteiger partial charge in [0.15, 0.2) is 17.5 Å². The first kappa shape index (κ1) is 22.6. The molecule has 1 aromatic carbocycles. The highest BCUT2D eigenvalue weighted by Crippen LogP contribution is 2.31. The zero-order valence-corrected chi connectivity index (χ0v) is 18.4. The van der Waals surface area contributed by atoms with Crippen LogP contribution in [-0.4, -0.2) is 42.5 Å². The summed E-state index contributed by atoms with van der Waals surface area (Å²) in [5.74, 6) is 2.35. The summed E-state index contributed by atoms with van der Waals surface area (Å²) in [6.07, 6.45) is 5.81. The smallest absolute Gasteiger partial charge is 0.191 e. The van der Waals surface area contributed by atoms with Crippen molar-refractivity contribution < 1.29 is 9.47 Å². The number of rotatable bonds is 11. The number of benzene rings is 1. The van der Waals surface area contributed by atoms with Crippen LogP contribution in [0, 0.1) is 6.92 Å². The molecule has 2 N–H and O–H groups in total. The molecule has 0 radical (unpaired) electrons. The molecular weight excluding hydrogens is 366 g/mol. The third-order valence-corrected chi connectivity index (χ3v) is 4.36. The molecule has 1 heterocycles. The van der Waals surface area contributed by atoms with Crippen LogP contribution in [0.15, 0.2) is 35.6 Å². The van der Waals surface area contributed by atoms with E-state index in [9.17, 15) is 0 Å². The molecule has 2 aromatic rings. The Morgan fingerprint density at radius 3 is 2.52 bits per heavy atom. The Bertz CT molecular complexity index is 772. The summed E-state index contributed by atoms with van der Waals surface area (Å²) in [5.41, 5.74) is 2.28.